The van der Waals surface area contributed by atoms with Crippen LogP contribution in [0, 0.1) is 0 Å². The molecule has 4 nitrogen and oxygen atoms in total. The minimum absolute atomic E-state index is 0.00368. The van der Waals surface area contributed by atoms with Gasteiger partial charge >= 0.3 is 0 Å². The Kier molecular flexibility index (Phi) is 4.93. The molecule has 0 atom stereocenters. The number of piperidine rings is 1. The molecule has 1 saturated heterocycles. The van der Waals surface area contributed by atoms with Crippen molar-refractivity contribution in [1.29, 1.82) is 0 Å². The zero-order valence-electron chi connectivity index (χ0n) is 14.4. The summed E-state index contributed by atoms with van der Waals surface area (Å²) in [6.07, 6.45) is 3.45. The fourth-order valence-electron chi connectivity index (χ4n) is 3.46. The second-order valence-corrected chi connectivity index (χ2v) is 7.28. The van der Waals surface area contributed by atoms with Crippen LogP contribution in [0.15, 0.2) is 24.3 Å². The van der Waals surface area contributed by atoms with Crippen molar-refractivity contribution >= 4 is 5.91 Å². The van der Waals surface area contributed by atoms with E-state index in [4.69, 9.17) is 4.84 Å². The van der Waals surface area contributed by atoms with Crippen molar-refractivity contribution in [3.8, 4) is 0 Å². The van der Waals surface area contributed by atoms with E-state index in [0.717, 1.165) is 18.4 Å². The van der Waals surface area contributed by atoms with Crippen LogP contribution in [0.1, 0.15) is 62.9 Å². The Hall–Kier alpha value is -1.39. The molecule has 122 valence electrons. The van der Waals surface area contributed by atoms with Crippen molar-refractivity contribution in [3.63, 3.8) is 0 Å². The van der Waals surface area contributed by atoms with E-state index >= 15 is 0 Å². The van der Waals surface area contributed by atoms with Gasteiger partial charge in [-0.3, -0.25) is 9.63 Å². The summed E-state index contributed by atoms with van der Waals surface area (Å²) >= 11 is 0. The molecule has 0 unspecified atom stereocenters. The Morgan fingerprint density at radius 1 is 1.18 bits per heavy atom. The summed E-state index contributed by atoms with van der Waals surface area (Å²) in [6.45, 7) is 9.30. The summed E-state index contributed by atoms with van der Waals surface area (Å²) in [7, 11) is 1.65. The number of nitrogens with zero attached hydrogens (tertiary/aromatic N) is 1. The van der Waals surface area contributed by atoms with Gasteiger partial charge in [-0.25, -0.2) is 0 Å². The van der Waals surface area contributed by atoms with Crippen molar-refractivity contribution in [2.75, 3.05) is 7.05 Å². The number of amides is 1. The number of nitrogens with one attached hydrogen (secondary N) is 1. The number of carbonyl (C=O) groups is 1. The van der Waals surface area contributed by atoms with Gasteiger partial charge in [-0.15, -0.1) is 0 Å². The molecule has 1 aromatic rings. The molecule has 1 aliphatic heterocycles. The number of hydrogen-bond acceptors (Lipinski definition) is 3. The van der Waals surface area contributed by atoms with E-state index in [1.54, 1.807) is 7.05 Å². The molecular weight excluding hydrogens is 276 g/mol. The zero-order valence-corrected chi connectivity index (χ0v) is 14.4. The molecule has 0 saturated carbocycles. The summed E-state index contributed by atoms with van der Waals surface area (Å²) in [4.78, 5) is 18.1. The highest BCUT2D eigenvalue weighted by molar-refractivity contribution is 5.95. The Morgan fingerprint density at radius 3 is 2.36 bits per heavy atom. The summed E-state index contributed by atoms with van der Waals surface area (Å²) < 4.78 is 0. The fourth-order valence-corrected chi connectivity index (χ4v) is 3.46. The van der Waals surface area contributed by atoms with Gasteiger partial charge in [-0.1, -0.05) is 18.2 Å². The van der Waals surface area contributed by atoms with Crippen LogP contribution >= 0.6 is 0 Å². The van der Waals surface area contributed by atoms with E-state index in [2.05, 4.69) is 38.1 Å². The van der Waals surface area contributed by atoms with Crippen LogP contribution in [0.5, 0.6) is 0 Å². The standard InChI is InChI=1S/C18H28N2O2/c1-17(2)11-8-12-18(3,4)20(17)22-13-14-9-6-7-10-15(14)16(21)19-5/h6-7,9-10H,8,11-13H2,1-5H3,(H,19,21). The van der Waals surface area contributed by atoms with Gasteiger partial charge in [0.2, 0.25) is 0 Å². The maximum absolute atomic E-state index is 12.0. The quantitative estimate of drug-likeness (QED) is 0.925. The normalized spacial score (nSPS) is 20.6. The van der Waals surface area contributed by atoms with Crippen LogP contribution in [0.25, 0.3) is 0 Å². The van der Waals surface area contributed by atoms with Gasteiger partial charge in [0, 0.05) is 23.7 Å². The molecule has 0 aromatic heterocycles. The molecule has 0 bridgehead atoms. The van der Waals surface area contributed by atoms with Gasteiger partial charge in [0.1, 0.15) is 0 Å². The lowest BCUT2D eigenvalue weighted by Crippen LogP contribution is -2.58. The highest BCUT2D eigenvalue weighted by atomic mass is 16.7. The first-order valence-corrected chi connectivity index (χ1v) is 8.01. The second-order valence-electron chi connectivity index (χ2n) is 7.28. The minimum atomic E-state index is -0.0728. The van der Waals surface area contributed by atoms with E-state index in [-0.39, 0.29) is 17.0 Å². The SMILES string of the molecule is CNC(=O)c1ccccc1CON1C(C)(C)CCCC1(C)C. The lowest BCUT2D eigenvalue weighted by Gasteiger charge is -2.51. The third-order valence-electron chi connectivity index (χ3n) is 4.51. The number of carbonyl (C=O) groups excluding carboxylic acids is 1. The Morgan fingerprint density at radius 2 is 1.77 bits per heavy atom. The molecule has 0 aliphatic carbocycles. The number of hydroxylamine groups is 2. The molecule has 1 N–H and O–H groups in total. The van der Waals surface area contributed by atoms with Gasteiger partial charge in [-0.2, -0.15) is 5.06 Å². The average molecular weight is 304 g/mol. The van der Waals surface area contributed by atoms with Crippen molar-refractivity contribution in [1.82, 2.24) is 10.4 Å². The maximum atomic E-state index is 12.0. The molecular formula is C18H28N2O2. The summed E-state index contributed by atoms with van der Waals surface area (Å²) in [6, 6.07) is 7.61. The van der Waals surface area contributed by atoms with Gasteiger partial charge < -0.3 is 5.32 Å². The van der Waals surface area contributed by atoms with E-state index < -0.39 is 0 Å². The van der Waals surface area contributed by atoms with Crippen LogP contribution in [0.4, 0.5) is 0 Å². The number of benzene rings is 1. The Bertz CT molecular complexity index is 522. The lowest BCUT2D eigenvalue weighted by molar-refractivity contribution is -0.288. The zero-order chi connectivity index (χ0) is 16.4. The largest absolute Gasteiger partial charge is 0.355 e. The monoisotopic (exact) mass is 304 g/mol. The molecule has 0 radical (unpaired) electrons. The molecule has 22 heavy (non-hydrogen) atoms. The number of rotatable bonds is 4. The molecule has 1 aromatic carbocycles. The molecule has 0 spiro atoms. The highest BCUT2D eigenvalue weighted by Gasteiger charge is 2.42. The molecule has 2 rings (SSSR count). The van der Waals surface area contributed by atoms with Crippen molar-refractivity contribution < 1.29 is 9.63 Å². The van der Waals surface area contributed by atoms with Gasteiger partial charge in [-0.05, 0) is 58.6 Å². The molecule has 1 fully saturated rings. The van der Waals surface area contributed by atoms with E-state index in [1.807, 2.05) is 24.3 Å². The van der Waals surface area contributed by atoms with Crippen LogP contribution in [-0.2, 0) is 11.4 Å². The summed E-state index contributed by atoms with van der Waals surface area (Å²) in [5.74, 6) is -0.0728. The topological polar surface area (TPSA) is 41.6 Å². The Labute approximate surface area is 133 Å². The molecule has 4 heteroatoms. The second kappa shape index (κ2) is 6.39. The first-order valence-electron chi connectivity index (χ1n) is 8.01. The average Bonchev–Trinajstić information content (AvgIpc) is 2.45. The number of hydrogen-bond donors (Lipinski definition) is 1. The van der Waals surface area contributed by atoms with E-state index in [9.17, 15) is 4.79 Å². The molecule has 1 amide bonds. The minimum Gasteiger partial charge on any atom is -0.355 e. The Balaban J connectivity index is 2.17. The smallest absolute Gasteiger partial charge is 0.251 e. The molecule has 1 aliphatic rings. The lowest BCUT2D eigenvalue weighted by atomic mass is 9.82. The van der Waals surface area contributed by atoms with Crippen LogP contribution in [0.3, 0.4) is 0 Å². The van der Waals surface area contributed by atoms with Gasteiger partial charge in [0.15, 0.2) is 0 Å². The van der Waals surface area contributed by atoms with Gasteiger partial charge in [0.05, 0.1) is 6.61 Å². The third kappa shape index (κ3) is 3.50. The third-order valence-corrected chi connectivity index (χ3v) is 4.51. The van der Waals surface area contributed by atoms with Crippen molar-refractivity contribution in [3.05, 3.63) is 35.4 Å². The first-order chi connectivity index (χ1) is 10.3. The van der Waals surface area contributed by atoms with E-state index in [1.165, 1.54) is 6.42 Å². The van der Waals surface area contributed by atoms with Crippen LogP contribution in [-0.4, -0.2) is 29.1 Å². The maximum Gasteiger partial charge on any atom is 0.251 e. The van der Waals surface area contributed by atoms with Crippen molar-refractivity contribution in [2.24, 2.45) is 0 Å². The predicted octanol–water partition coefficient (Wildman–Crippen LogP) is 3.52. The van der Waals surface area contributed by atoms with Crippen LogP contribution in [0.2, 0.25) is 0 Å². The summed E-state index contributed by atoms with van der Waals surface area (Å²) in [5, 5.41) is 4.81. The molecule has 1 heterocycles. The van der Waals surface area contributed by atoms with Gasteiger partial charge in [0.25, 0.3) is 5.91 Å². The predicted molar refractivity (Wildman–Crippen MR) is 88.5 cm³/mol. The fraction of sp³-hybridized carbons (Fsp3) is 0.611. The summed E-state index contributed by atoms with van der Waals surface area (Å²) in [5.41, 5.74) is 1.60. The van der Waals surface area contributed by atoms with Crippen molar-refractivity contribution in [2.45, 2.75) is 64.6 Å². The first kappa shape index (κ1) is 17.0. The van der Waals surface area contributed by atoms with E-state index in [0.29, 0.717) is 12.2 Å². The highest BCUT2D eigenvalue weighted by Crippen LogP contribution is 2.38. The van der Waals surface area contributed by atoms with Crippen LogP contribution < -0.4 is 5.32 Å².